The number of benzene rings is 1. The first-order valence-electron chi connectivity index (χ1n) is 7.38. The second kappa shape index (κ2) is 5.96. The van der Waals surface area contributed by atoms with E-state index in [4.69, 9.17) is 4.74 Å². The Bertz CT molecular complexity index is 983. The minimum atomic E-state index is 0.511. The van der Waals surface area contributed by atoms with E-state index in [0.717, 1.165) is 11.3 Å². The van der Waals surface area contributed by atoms with Crippen molar-refractivity contribution in [3.63, 3.8) is 0 Å². The summed E-state index contributed by atoms with van der Waals surface area (Å²) in [6.45, 7) is 0. The maximum atomic E-state index is 5.18. The van der Waals surface area contributed by atoms with Crippen LogP contribution in [0.5, 0.6) is 5.88 Å². The van der Waals surface area contributed by atoms with Crippen LogP contribution in [0, 0.1) is 0 Å². The number of hydrogen-bond acceptors (Lipinski definition) is 6. The van der Waals surface area contributed by atoms with Crippen LogP contribution < -0.4 is 10.1 Å². The minimum absolute atomic E-state index is 0.511. The van der Waals surface area contributed by atoms with Gasteiger partial charge in [-0.2, -0.15) is 9.50 Å². The van der Waals surface area contributed by atoms with Crippen molar-refractivity contribution in [1.29, 1.82) is 0 Å². The summed E-state index contributed by atoms with van der Waals surface area (Å²) >= 11 is 0. The van der Waals surface area contributed by atoms with Crippen molar-refractivity contribution >= 4 is 17.3 Å². The van der Waals surface area contributed by atoms with Gasteiger partial charge in [0.1, 0.15) is 0 Å². The zero-order valence-corrected chi connectivity index (χ0v) is 12.9. The van der Waals surface area contributed by atoms with E-state index < -0.39 is 0 Å². The van der Waals surface area contributed by atoms with Gasteiger partial charge in [-0.15, -0.1) is 5.10 Å². The molecule has 0 saturated carbocycles. The highest BCUT2D eigenvalue weighted by atomic mass is 16.5. The Morgan fingerprint density at radius 3 is 2.67 bits per heavy atom. The fourth-order valence-corrected chi connectivity index (χ4v) is 2.38. The van der Waals surface area contributed by atoms with Gasteiger partial charge in [-0.05, 0) is 18.2 Å². The lowest BCUT2D eigenvalue weighted by molar-refractivity contribution is 0.398. The number of pyridine rings is 1. The van der Waals surface area contributed by atoms with Gasteiger partial charge in [0.25, 0.3) is 0 Å². The molecule has 0 spiro atoms. The first-order valence-corrected chi connectivity index (χ1v) is 7.38. The zero-order chi connectivity index (χ0) is 16.4. The number of nitrogens with one attached hydrogen (secondary N) is 1. The summed E-state index contributed by atoms with van der Waals surface area (Å²) in [5.41, 5.74) is 2.48. The van der Waals surface area contributed by atoms with Gasteiger partial charge >= 0.3 is 0 Å². The molecule has 1 N–H and O–H groups in total. The Morgan fingerprint density at radius 2 is 1.83 bits per heavy atom. The van der Waals surface area contributed by atoms with Crippen molar-refractivity contribution in [2.75, 3.05) is 12.4 Å². The summed E-state index contributed by atoms with van der Waals surface area (Å²) in [7, 11) is 1.58. The summed E-state index contributed by atoms with van der Waals surface area (Å²) in [4.78, 5) is 13.0. The van der Waals surface area contributed by atoms with E-state index in [9.17, 15) is 0 Å². The second-order valence-electron chi connectivity index (χ2n) is 5.05. The summed E-state index contributed by atoms with van der Waals surface area (Å²) in [6, 6.07) is 15.3. The quantitative estimate of drug-likeness (QED) is 0.623. The Labute approximate surface area is 138 Å². The third-order valence-corrected chi connectivity index (χ3v) is 3.49. The highest BCUT2D eigenvalue weighted by Gasteiger charge is 2.11. The molecule has 0 atom stereocenters. The third kappa shape index (κ3) is 2.63. The predicted octanol–water partition coefficient (Wildman–Crippen LogP) is 2.94. The lowest BCUT2D eigenvalue weighted by Gasteiger charge is -2.04. The summed E-state index contributed by atoms with van der Waals surface area (Å²) in [6.07, 6.45) is 3.38. The SMILES string of the molecule is COc1cc(-c2nccc3nc(Nc4ccccc4)nn23)ccn1. The largest absolute Gasteiger partial charge is 0.481 e. The van der Waals surface area contributed by atoms with E-state index in [1.54, 1.807) is 24.0 Å². The van der Waals surface area contributed by atoms with Crippen LogP contribution in [0.15, 0.2) is 60.9 Å². The number of anilines is 2. The van der Waals surface area contributed by atoms with Gasteiger partial charge in [-0.3, -0.25) is 0 Å². The fraction of sp³-hybridized carbons (Fsp3) is 0.0588. The van der Waals surface area contributed by atoms with Gasteiger partial charge in [-0.1, -0.05) is 18.2 Å². The molecule has 0 radical (unpaired) electrons. The predicted molar refractivity (Wildman–Crippen MR) is 90.3 cm³/mol. The molecule has 0 amide bonds. The van der Waals surface area contributed by atoms with Crippen molar-refractivity contribution in [2.24, 2.45) is 0 Å². The number of aromatic nitrogens is 5. The van der Waals surface area contributed by atoms with Crippen LogP contribution >= 0.6 is 0 Å². The molecular formula is C17H14N6O. The molecule has 0 aliphatic rings. The number of rotatable bonds is 4. The molecule has 4 aromatic rings. The minimum Gasteiger partial charge on any atom is -0.481 e. The van der Waals surface area contributed by atoms with Crippen molar-refractivity contribution in [1.82, 2.24) is 24.6 Å². The second-order valence-corrected chi connectivity index (χ2v) is 5.05. The van der Waals surface area contributed by atoms with Gasteiger partial charge in [0.05, 0.1) is 7.11 Å². The monoisotopic (exact) mass is 318 g/mol. The van der Waals surface area contributed by atoms with Gasteiger partial charge < -0.3 is 10.1 Å². The molecule has 0 fully saturated rings. The summed E-state index contributed by atoms with van der Waals surface area (Å²) in [5.74, 6) is 1.70. The lowest BCUT2D eigenvalue weighted by atomic mass is 10.2. The molecule has 0 bridgehead atoms. The number of methoxy groups -OCH3 is 1. The highest BCUT2D eigenvalue weighted by molar-refractivity contribution is 5.61. The molecule has 3 heterocycles. The number of hydrogen-bond donors (Lipinski definition) is 1. The maximum Gasteiger partial charge on any atom is 0.247 e. The van der Waals surface area contributed by atoms with Crippen molar-refractivity contribution < 1.29 is 4.74 Å². The average molecular weight is 318 g/mol. The van der Waals surface area contributed by atoms with E-state index >= 15 is 0 Å². The number of ether oxygens (including phenoxy) is 1. The molecule has 118 valence electrons. The summed E-state index contributed by atoms with van der Waals surface area (Å²) in [5, 5.41) is 7.70. The van der Waals surface area contributed by atoms with Crippen LogP contribution in [-0.2, 0) is 0 Å². The van der Waals surface area contributed by atoms with E-state index in [0.29, 0.717) is 23.3 Å². The molecule has 1 aromatic carbocycles. The van der Waals surface area contributed by atoms with E-state index in [1.807, 2.05) is 48.5 Å². The zero-order valence-electron chi connectivity index (χ0n) is 12.9. The molecule has 3 aromatic heterocycles. The first-order chi connectivity index (χ1) is 11.8. The smallest absolute Gasteiger partial charge is 0.247 e. The summed E-state index contributed by atoms with van der Waals surface area (Å²) < 4.78 is 6.87. The van der Waals surface area contributed by atoms with E-state index in [-0.39, 0.29) is 0 Å². The molecule has 4 rings (SSSR count). The topological polar surface area (TPSA) is 77.2 Å². The van der Waals surface area contributed by atoms with Crippen LogP contribution in [-0.4, -0.2) is 31.7 Å². The van der Waals surface area contributed by atoms with Crippen molar-refractivity contribution in [3.8, 4) is 17.3 Å². The van der Waals surface area contributed by atoms with Crippen LogP contribution in [0.1, 0.15) is 0 Å². The molecule has 0 aliphatic heterocycles. The molecule has 7 heteroatoms. The van der Waals surface area contributed by atoms with Crippen LogP contribution in [0.4, 0.5) is 11.6 Å². The Morgan fingerprint density at radius 1 is 1.00 bits per heavy atom. The van der Waals surface area contributed by atoms with Crippen molar-refractivity contribution in [3.05, 3.63) is 60.9 Å². The lowest BCUT2D eigenvalue weighted by Crippen LogP contribution is -1.99. The molecule has 0 unspecified atom stereocenters. The molecule has 0 aliphatic carbocycles. The van der Waals surface area contributed by atoms with Gasteiger partial charge in [0.2, 0.25) is 11.8 Å². The maximum absolute atomic E-state index is 5.18. The number of nitrogens with zero attached hydrogens (tertiary/aromatic N) is 5. The molecule has 7 nitrogen and oxygen atoms in total. The highest BCUT2D eigenvalue weighted by Crippen LogP contribution is 2.22. The normalized spacial score (nSPS) is 10.7. The fourth-order valence-electron chi connectivity index (χ4n) is 2.38. The Kier molecular flexibility index (Phi) is 3.51. The standard InChI is InChI=1S/C17H14N6O/c1-24-15-11-12(7-9-18-15)16-19-10-8-14-21-17(22-23(14)16)20-13-5-3-2-4-6-13/h2-11H,1H3,(H,20,22). The Hall–Kier alpha value is -3.48. The average Bonchev–Trinajstić information content (AvgIpc) is 3.05. The molecule has 0 saturated heterocycles. The Balaban J connectivity index is 1.77. The van der Waals surface area contributed by atoms with Gasteiger partial charge in [-0.25, -0.2) is 9.97 Å². The number of para-hydroxylation sites is 1. The van der Waals surface area contributed by atoms with Crippen LogP contribution in [0.25, 0.3) is 17.0 Å². The van der Waals surface area contributed by atoms with Crippen LogP contribution in [0.3, 0.4) is 0 Å². The number of fused-ring (bicyclic) bond motifs is 1. The molecular weight excluding hydrogens is 304 g/mol. The van der Waals surface area contributed by atoms with Gasteiger partial charge in [0, 0.05) is 35.8 Å². The molecule has 24 heavy (non-hydrogen) atoms. The van der Waals surface area contributed by atoms with Crippen molar-refractivity contribution in [2.45, 2.75) is 0 Å². The first kappa shape index (κ1) is 14.1. The van der Waals surface area contributed by atoms with Gasteiger partial charge in [0.15, 0.2) is 11.5 Å². The van der Waals surface area contributed by atoms with Crippen LogP contribution in [0.2, 0.25) is 0 Å². The van der Waals surface area contributed by atoms with E-state index in [2.05, 4.69) is 25.4 Å². The third-order valence-electron chi connectivity index (χ3n) is 3.49. The van der Waals surface area contributed by atoms with E-state index in [1.165, 1.54) is 0 Å².